The van der Waals surface area contributed by atoms with E-state index >= 15 is 0 Å². The fourth-order valence-corrected chi connectivity index (χ4v) is 2.56. The molecule has 17 heavy (non-hydrogen) atoms. The first-order chi connectivity index (χ1) is 8.26. The van der Waals surface area contributed by atoms with Crippen LogP contribution >= 0.6 is 0 Å². The molecular weight excluding hydrogens is 208 g/mol. The predicted octanol–water partition coefficient (Wildman–Crippen LogP) is 5.31. The van der Waals surface area contributed by atoms with Crippen molar-refractivity contribution >= 4 is 0 Å². The lowest BCUT2D eigenvalue weighted by Gasteiger charge is -2.19. The van der Waals surface area contributed by atoms with E-state index in [0.29, 0.717) is 5.92 Å². The molecule has 0 heterocycles. The van der Waals surface area contributed by atoms with Gasteiger partial charge in [0.25, 0.3) is 0 Å². The molecule has 0 rings (SSSR count). The molecule has 0 radical (unpaired) electrons. The second-order valence-electron chi connectivity index (χ2n) is 5.41. The first-order valence-corrected chi connectivity index (χ1v) is 7.94. The summed E-state index contributed by atoms with van der Waals surface area (Å²) in [6, 6.07) is 0. The van der Waals surface area contributed by atoms with Gasteiger partial charge in [0.05, 0.1) is 6.10 Å². The Hall–Kier alpha value is -0.0400. The van der Waals surface area contributed by atoms with E-state index in [1.807, 2.05) is 0 Å². The van der Waals surface area contributed by atoms with Crippen LogP contribution in [0.15, 0.2) is 0 Å². The van der Waals surface area contributed by atoms with Crippen molar-refractivity contribution in [1.82, 2.24) is 0 Å². The minimum absolute atomic E-state index is 0.0508. The van der Waals surface area contributed by atoms with Crippen LogP contribution in [0.3, 0.4) is 0 Å². The van der Waals surface area contributed by atoms with Gasteiger partial charge in [-0.3, -0.25) is 0 Å². The molecule has 0 aliphatic carbocycles. The molecule has 0 aromatic heterocycles. The van der Waals surface area contributed by atoms with E-state index in [4.69, 9.17) is 0 Å². The standard InChI is InChI=1S/C16H34O/c1-4-7-8-9-10-11-12-13-14-16(17)15(5-2)6-3/h15-17H,4-14H2,1-3H3. The summed E-state index contributed by atoms with van der Waals surface area (Å²) in [7, 11) is 0. The number of aliphatic hydroxyl groups excluding tert-OH is 1. The number of aliphatic hydroxyl groups is 1. The van der Waals surface area contributed by atoms with Gasteiger partial charge in [-0.1, -0.05) is 85.0 Å². The van der Waals surface area contributed by atoms with Gasteiger partial charge >= 0.3 is 0 Å². The molecule has 1 nitrogen and oxygen atoms in total. The van der Waals surface area contributed by atoms with Gasteiger partial charge in [-0.15, -0.1) is 0 Å². The third-order valence-corrected chi connectivity index (χ3v) is 3.95. The summed E-state index contributed by atoms with van der Waals surface area (Å²) < 4.78 is 0. The Morgan fingerprint density at radius 1 is 0.706 bits per heavy atom. The van der Waals surface area contributed by atoms with Crippen molar-refractivity contribution in [2.75, 3.05) is 0 Å². The summed E-state index contributed by atoms with van der Waals surface area (Å²) in [5, 5.41) is 9.98. The van der Waals surface area contributed by atoms with Crippen molar-refractivity contribution in [3.63, 3.8) is 0 Å². The molecule has 0 amide bonds. The summed E-state index contributed by atoms with van der Waals surface area (Å²) >= 11 is 0. The summed E-state index contributed by atoms with van der Waals surface area (Å²) in [6.45, 7) is 6.63. The fraction of sp³-hybridized carbons (Fsp3) is 1.00. The lowest BCUT2D eigenvalue weighted by atomic mass is 9.92. The van der Waals surface area contributed by atoms with E-state index in [1.165, 1.54) is 51.4 Å². The maximum atomic E-state index is 9.98. The van der Waals surface area contributed by atoms with Crippen LogP contribution in [0.25, 0.3) is 0 Å². The van der Waals surface area contributed by atoms with Crippen molar-refractivity contribution in [2.45, 2.75) is 97.5 Å². The van der Waals surface area contributed by atoms with Gasteiger partial charge in [-0.25, -0.2) is 0 Å². The Balaban J connectivity index is 3.27. The van der Waals surface area contributed by atoms with E-state index in [0.717, 1.165) is 19.3 Å². The lowest BCUT2D eigenvalue weighted by Crippen LogP contribution is -2.18. The molecule has 1 atom stereocenters. The van der Waals surface area contributed by atoms with Gasteiger partial charge < -0.3 is 5.11 Å². The molecule has 0 aromatic carbocycles. The first kappa shape index (κ1) is 17.0. The van der Waals surface area contributed by atoms with Crippen LogP contribution in [-0.4, -0.2) is 11.2 Å². The van der Waals surface area contributed by atoms with Crippen LogP contribution < -0.4 is 0 Å². The summed E-state index contributed by atoms with van der Waals surface area (Å²) in [5.41, 5.74) is 0. The molecule has 0 aliphatic rings. The molecule has 1 unspecified atom stereocenters. The highest BCUT2D eigenvalue weighted by molar-refractivity contribution is 4.66. The number of unbranched alkanes of at least 4 members (excludes halogenated alkanes) is 7. The highest BCUT2D eigenvalue weighted by atomic mass is 16.3. The van der Waals surface area contributed by atoms with E-state index in [9.17, 15) is 5.11 Å². The molecule has 0 saturated heterocycles. The zero-order valence-electron chi connectivity index (χ0n) is 12.4. The van der Waals surface area contributed by atoms with Crippen LogP contribution in [0, 0.1) is 5.92 Å². The van der Waals surface area contributed by atoms with Crippen LogP contribution in [0.1, 0.15) is 91.4 Å². The minimum Gasteiger partial charge on any atom is -0.393 e. The summed E-state index contributed by atoms with van der Waals surface area (Å²) in [6.07, 6.45) is 14.0. The lowest BCUT2D eigenvalue weighted by molar-refractivity contribution is 0.0914. The van der Waals surface area contributed by atoms with Crippen molar-refractivity contribution in [3.8, 4) is 0 Å². The van der Waals surface area contributed by atoms with Crippen LogP contribution in [0.4, 0.5) is 0 Å². The number of rotatable bonds is 12. The molecule has 0 spiro atoms. The summed E-state index contributed by atoms with van der Waals surface area (Å²) in [5.74, 6) is 0.527. The molecule has 0 aliphatic heterocycles. The molecular formula is C16H34O. The van der Waals surface area contributed by atoms with E-state index < -0.39 is 0 Å². The smallest absolute Gasteiger partial charge is 0.0568 e. The van der Waals surface area contributed by atoms with Gasteiger partial charge in [0.2, 0.25) is 0 Å². The van der Waals surface area contributed by atoms with Gasteiger partial charge in [-0.05, 0) is 12.3 Å². The molecule has 1 heteroatoms. The molecule has 0 saturated carbocycles. The van der Waals surface area contributed by atoms with Gasteiger partial charge in [0.1, 0.15) is 0 Å². The average Bonchev–Trinajstić information content (AvgIpc) is 2.34. The van der Waals surface area contributed by atoms with Crippen molar-refractivity contribution in [3.05, 3.63) is 0 Å². The molecule has 0 fully saturated rings. The molecule has 104 valence electrons. The highest BCUT2D eigenvalue weighted by Gasteiger charge is 2.14. The van der Waals surface area contributed by atoms with E-state index in [2.05, 4.69) is 20.8 Å². The molecule has 0 aromatic rings. The van der Waals surface area contributed by atoms with E-state index in [-0.39, 0.29) is 6.10 Å². The topological polar surface area (TPSA) is 20.2 Å². The monoisotopic (exact) mass is 242 g/mol. The second kappa shape index (κ2) is 12.4. The second-order valence-corrected chi connectivity index (χ2v) is 5.41. The van der Waals surface area contributed by atoms with Gasteiger partial charge in [0, 0.05) is 0 Å². The Kier molecular flexibility index (Phi) is 12.4. The molecule has 1 N–H and O–H groups in total. The fourth-order valence-electron chi connectivity index (χ4n) is 2.56. The third-order valence-electron chi connectivity index (χ3n) is 3.95. The SMILES string of the molecule is CCCCCCCCCCC(O)C(CC)CC. The average molecular weight is 242 g/mol. The van der Waals surface area contributed by atoms with E-state index in [1.54, 1.807) is 0 Å². The summed E-state index contributed by atoms with van der Waals surface area (Å²) in [4.78, 5) is 0. The predicted molar refractivity (Wildman–Crippen MR) is 77.3 cm³/mol. The maximum Gasteiger partial charge on any atom is 0.0568 e. The Bertz CT molecular complexity index is 140. The largest absolute Gasteiger partial charge is 0.393 e. The highest BCUT2D eigenvalue weighted by Crippen LogP contribution is 2.18. The zero-order valence-corrected chi connectivity index (χ0v) is 12.4. The molecule has 0 bridgehead atoms. The Morgan fingerprint density at radius 2 is 1.18 bits per heavy atom. The Labute approximate surface area is 109 Å². The van der Waals surface area contributed by atoms with Crippen LogP contribution in [0.5, 0.6) is 0 Å². The van der Waals surface area contributed by atoms with Gasteiger partial charge in [-0.2, -0.15) is 0 Å². The number of hydrogen-bond acceptors (Lipinski definition) is 1. The van der Waals surface area contributed by atoms with Crippen molar-refractivity contribution in [2.24, 2.45) is 5.92 Å². The van der Waals surface area contributed by atoms with Crippen molar-refractivity contribution < 1.29 is 5.11 Å². The van der Waals surface area contributed by atoms with Crippen LogP contribution in [0.2, 0.25) is 0 Å². The number of hydrogen-bond donors (Lipinski definition) is 1. The zero-order chi connectivity index (χ0) is 12.9. The normalized spacial score (nSPS) is 13.2. The Morgan fingerprint density at radius 3 is 1.65 bits per heavy atom. The van der Waals surface area contributed by atoms with Crippen LogP contribution in [-0.2, 0) is 0 Å². The quantitative estimate of drug-likeness (QED) is 0.460. The maximum absolute atomic E-state index is 9.98. The third kappa shape index (κ3) is 9.64. The first-order valence-electron chi connectivity index (χ1n) is 7.94. The van der Waals surface area contributed by atoms with Crippen molar-refractivity contribution in [1.29, 1.82) is 0 Å². The minimum atomic E-state index is -0.0508. The van der Waals surface area contributed by atoms with Gasteiger partial charge in [0.15, 0.2) is 0 Å².